The van der Waals surface area contributed by atoms with Crippen molar-refractivity contribution < 1.29 is 12.9 Å². The van der Waals surface area contributed by atoms with Crippen LogP contribution in [0.5, 0.6) is 0 Å². The molecule has 1 atom stereocenters. The molecule has 2 heterocycles. The van der Waals surface area contributed by atoms with Gasteiger partial charge in [-0.05, 0) is 32.4 Å². The van der Waals surface area contributed by atoms with E-state index in [0.29, 0.717) is 24.7 Å². The molecule has 0 N–H and O–H groups in total. The van der Waals surface area contributed by atoms with Crippen LogP contribution in [0.2, 0.25) is 0 Å². The molecule has 0 unspecified atom stereocenters. The van der Waals surface area contributed by atoms with E-state index < -0.39 is 9.84 Å². The van der Waals surface area contributed by atoms with Crippen molar-refractivity contribution in [3.63, 3.8) is 0 Å². The highest BCUT2D eigenvalue weighted by Crippen LogP contribution is 2.25. The molecule has 0 spiro atoms. The number of benzene rings is 1. The standard InChI is InChI=1S/C16H21N3O3S/c1-12-6-3-4-7-14(12)15-17-16(22-18-15)13(2)19-8-5-10-23(20,21)11-9-19/h3-4,6-7,13H,5,8-11H2,1-2H3/t13-/m1/s1. The van der Waals surface area contributed by atoms with Gasteiger partial charge in [-0.15, -0.1) is 0 Å². The maximum absolute atomic E-state index is 11.7. The van der Waals surface area contributed by atoms with Crippen LogP contribution in [0.15, 0.2) is 28.8 Å². The van der Waals surface area contributed by atoms with Crippen LogP contribution in [0.1, 0.15) is 30.8 Å². The molecule has 0 radical (unpaired) electrons. The molecule has 124 valence electrons. The van der Waals surface area contributed by atoms with Crippen molar-refractivity contribution >= 4 is 9.84 Å². The maximum Gasteiger partial charge on any atom is 0.244 e. The molecule has 1 aliphatic heterocycles. The normalized spacial score (nSPS) is 20.1. The fourth-order valence-corrected chi connectivity index (χ4v) is 4.13. The highest BCUT2D eigenvalue weighted by molar-refractivity contribution is 7.91. The summed E-state index contributed by atoms with van der Waals surface area (Å²) in [4.78, 5) is 6.61. The molecule has 1 fully saturated rings. The molecule has 6 nitrogen and oxygen atoms in total. The van der Waals surface area contributed by atoms with Crippen LogP contribution < -0.4 is 0 Å². The molecule has 0 aliphatic carbocycles. The van der Waals surface area contributed by atoms with Crippen LogP contribution in [-0.4, -0.2) is 48.1 Å². The van der Waals surface area contributed by atoms with Crippen molar-refractivity contribution in [3.05, 3.63) is 35.7 Å². The maximum atomic E-state index is 11.7. The van der Waals surface area contributed by atoms with Gasteiger partial charge >= 0.3 is 0 Å². The fourth-order valence-electron chi connectivity index (χ4n) is 2.84. The number of hydrogen-bond acceptors (Lipinski definition) is 6. The van der Waals surface area contributed by atoms with Crippen molar-refractivity contribution in [3.8, 4) is 11.4 Å². The van der Waals surface area contributed by atoms with E-state index in [1.165, 1.54) is 0 Å². The van der Waals surface area contributed by atoms with Gasteiger partial charge in [0.25, 0.3) is 0 Å². The average molecular weight is 335 g/mol. The van der Waals surface area contributed by atoms with Crippen LogP contribution in [0.4, 0.5) is 0 Å². The quantitative estimate of drug-likeness (QED) is 0.856. The lowest BCUT2D eigenvalue weighted by atomic mass is 10.1. The molecule has 1 aliphatic rings. The highest BCUT2D eigenvalue weighted by atomic mass is 32.2. The van der Waals surface area contributed by atoms with Crippen molar-refractivity contribution in [2.24, 2.45) is 0 Å². The third-order valence-corrected chi connectivity index (χ3v) is 6.04. The van der Waals surface area contributed by atoms with Gasteiger partial charge in [-0.2, -0.15) is 4.98 Å². The van der Waals surface area contributed by atoms with Gasteiger partial charge in [-0.1, -0.05) is 29.4 Å². The van der Waals surface area contributed by atoms with Crippen molar-refractivity contribution in [2.45, 2.75) is 26.3 Å². The number of rotatable bonds is 3. The van der Waals surface area contributed by atoms with Gasteiger partial charge in [0, 0.05) is 12.1 Å². The Bertz CT molecular complexity index is 785. The molecule has 1 aromatic carbocycles. The van der Waals surface area contributed by atoms with E-state index in [1.54, 1.807) is 0 Å². The Kier molecular flexibility index (Phi) is 4.50. The van der Waals surface area contributed by atoms with Gasteiger partial charge in [0.2, 0.25) is 11.7 Å². The first-order valence-corrected chi connectivity index (χ1v) is 9.62. The Hall–Kier alpha value is -1.73. The fraction of sp³-hybridized carbons (Fsp3) is 0.500. The molecule has 1 saturated heterocycles. The smallest absolute Gasteiger partial charge is 0.244 e. The zero-order valence-corrected chi connectivity index (χ0v) is 14.2. The third-order valence-electron chi connectivity index (χ3n) is 4.32. The molecule has 7 heteroatoms. The lowest BCUT2D eigenvalue weighted by Gasteiger charge is -2.23. The number of sulfone groups is 1. The average Bonchev–Trinajstić information content (AvgIpc) is 2.92. The van der Waals surface area contributed by atoms with E-state index in [4.69, 9.17) is 4.52 Å². The second-order valence-corrected chi connectivity index (χ2v) is 8.29. The van der Waals surface area contributed by atoms with Crippen LogP contribution in [-0.2, 0) is 9.84 Å². The summed E-state index contributed by atoms with van der Waals surface area (Å²) in [6.45, 7) is 5.22. The summed E-state index contributed by atoms with van der Waals surface area (Å²) in [6, 6.07) is 7.80. The van der Waals surface area contributed by atoms with E-state index in [9.17, 15) is 8.42 Å². The monoisotopic (exact) mass is 335 g/mol. The van der Waals surface area contributed by atoms with E-state index in [2.05, 4.69) is 15.0 Å². The van der Waals surface area contributed by atoms with Crippen molar-refractivity contribution in [1.29, 1.82) is 0 Å². The van der Waals surface area contributed by atoms with E-state index >= 15 is 0 Å². The Morgan fingerprint density at radius 2 is 2.00 bits per heavy atom. The first kappa shape index (κ1) is 16.1. The number of hydrogen-bond donors (Lipinski definition) is 0. The summed E-state index contributed by atoms with van der Waals surface area (Å²) in [5.74, 6) is 1.56. The van der Waals surface area contributed by atoms with Gasteiger partial charge in [0.15, 0.2) is 9.84 Å². The van der Waals surface area contributed by atoms with E-state index in [1.807, 2.05) is 38.1 Å². The lowest BCUT2D eigenvalue weighted by molar-refractivity contribution is 0.185. The Balaban J connectivity index is 1.79. The zero-order chi connectivity index (χ0) is 16.4. The molecular formula is C16H21N3O3S. The molecule has 1 aromatic heterocycles. The molecule has 3 rings (SSSR count). The first-order chi connectivity index (χ1) is 11.0. The SMILES string of the molecule is Cc1ccccc1-c1noc([C@@H](C)N2CCCS(=O)(=O)CC2)n1. The van der Waals surface area contributed by atoms with Crippen LogP contribution >= 0.6 is 0 Å². The molecule has 0 saturated carbocycles. The molecule has 2 aromatic rings. The third kappa shape index (κ3) is 3.61. The predicted molar refractivity (Wildman–Crippen MR) is 87.7 cm³/mol. The minimum atomic E-state index is -2.92. The Morgan fingerprint density at radius 1 is 1.22 bits per heavy atom. The van der Waals surface area contributed by atoms with Gasteiger partial charge in [0.1, 0.15) is 0 Å². The number of nitrogens with zero attached hydrogens (tertiary/aromatic N) is 3. The largest absolute Gasteiger partial charge is 0.337 e. The van der Waals surface area contributed by atoms with Crippen LogP contribution in [0.3, 0.4) is 0 Å². The minimum absolute atomic E-state index is 0.0893. The zero-order valence-electron chi connectivity index (χ0n) is 13.4. The summed E-state index contributed by atoms with van der Waals surface area (Å²) in [7, 11) is -2.92. The molecule has 0 bridgehead atoms. The van der Waals surface area contributed by atoms with Gasteiger partial charge < -0.3 is 4.52 Å². The van der Waals surface area contributed by atoms with Crippen molar-refractivity contribution in [1.82, 2.24) is 15.0 Å². The summed E-state index contributed by atoms with van der Waals surface area (Å²) in [5.41, 5.74) is 2.04. The highest BCUT2D eigenvalue weighted by Gasteiger charge is 2.26. The summed E-state index contributed by atoms with van der Waals surface area (Å²) >= 11 is 0. The summed E-state index contributed by atoms with van der Waals surface area (Å²) in [5, 5.41) is 4.08. The lowest BCUT2D eigenvalue weighted by Crippen LogP contribution is -2.30. The Morgan fingerprint density at radius 3 is 2.78 bits per heavy atom. The minimum Gasteiger partial charge on any atom is -0.337 e. The first-order valence-electron chi connectivity index (χ1n) is 7.80. The van der Waals surface area contributed by atoms with Gasteiger partial charge in [-0.25, -0.2) is 8.42 Å². The molecule has 0 amide bonds. The Labute approximate surface area is 136 Å². The van der Waals surface area contributed by atoms with Crippen LogP contribution in [0, 0.1) is 6.92 Å². The topological polar surface area (TPSA) is 76.3 Å². The number of aromatic nitrogens is 2. The summed E-state index contributed by atoms with van der Waals surface area (Å²) < 4.78 is 28.9. The number of aryl methyl sites for hydroxylation is 1. The van der Waals surface area contributed by atoms with Crippen LogP contribution in [0.25, 0.3) is 11.4 Å². The summed E-state index contributed by atoms with van der Waals surface area (Å²) in [6.07, 6.45) is 0.644. The van der Waals surface area contributed by atoms with E-state index in [-0.39, 0.29) is 17.5 Å². The van der Waals surface area contributed by atoms with E-state index in [0.717, 1.165) is 17.7 Å². The van der Waals surface area contributed by atoms with Crippen molar-refractivity contribution in [2.75, 3.05) is 24.6 Å². The predicted octanol–water partition coefficient (Wildman–Crippen LogP) is 2.23. The molecule has 23 heavy (non-hydrogen) atoms. The van der Waals surface area contributed by atoms with Gasteiger partial charge in [0.05, 0.1) is 17.5 Å². The second-order valence-electron chi connectivity index (χ2n) is 5.99. The van der Waals surface area contributed by atoms with Gasteiger partial charge in [-0.3, -0.25) is 4.90 Å². The second kappa shape index (κ2) is 6.41. The molecular weight excluding hydrogens is 314 g/mol.